The molecule has 1 N–H and O–H groups in total. The highest BCUT2D eigenvalue weighted by molar-refractivity contribution is 6.09. The Hall–Kier alpha value is -2.62. The molecule has 0 bridgehead atoms. The molecule has 2 aromatic rings. The van der Waals surface area contributed by atoms with Gasteiger partial charge in [0.15, 0.2) is 0 Å². The van der Waals surface area contributed by atoms with E-state index in [0.29, 0.717) is 6.54 Å². The van der Waals surface area contributed by atoms with E-state index in [9.17, 15) is 9.59 Å². The van der Waals surface area contributed by atoms with Gasteiger partial charge in [0.1, 0.15) is 6.42 Å². The molecule has 0 spiro atoms. The van der Waals surface area contributed by atoms with E-state index >= 15 is 0 Å². The third kappa shape index (κ3) is 3.48. The minimum atomic E-state index is -0.272. The zero-order valence-corrected chi connectivity index (χ0v) is 14.1. The molecule has 1 aliphatic rings. The fourth-order valence-corrected chi connectivity index (χ4v) is 3.05. The van der Waals surface area contributed by atoms with Crippen molar-refractivity contribution in [2.75, 3.05) is 16.8 Å². The average Bonchev–Trinajstić information content (AvgIpc) is 2.57. The second-order valence-corrected chi connectivity index (χ2v) is 6.30. The first kappa shape index (κ1) is 16.2. The molecule has 4 nitrogen and oxygen atoms in total. The Morgan fingerprint density at radius 1 is 1.08 bits per heavy atom. The molecular weight excluding hydrogens is 300 g/mol. The summed E-state index contributed by atoms with van der Waals surface area (Å²) < 4.78 is 0. The van der Waals surface area contributed by atoms with Crippen LogP contribution in [0, 0.1) is 13.8 Å². The minimum Gasteiger partial charge on any atom is -0.326 e. The molecule has 0 unspecified atom stereocenters. The Labute approximate surface area is 142 Å². The van der Waals surface area contributed by atoms with Crippen molar-refractivity contribution < 1.29 is 9.59 Å². The van der Waals surface area contributed by atoms with Crippen molar-refractivity contribution in [3.05, 3.63) is 59.2 Å². The van der Waals surface area contributed by atoms with Gasteiger partial charge in [-0.25, -0.2) is 0 Å². The summed E-state index contributed by atoms with van der Waals surface area (Å²) in [5.74, 6) is -0.421. The molecule has 2 amide bonds. The summed E-state index contributed by atoms with van der Waals surface area (Å²) in [5, 5.41) is 2.82. The van der Waals surface area contributed by atoms with Gasteiger partial charge in [-0.3, -0.25) is 9.59 Å². The van der Waals surface area contributed by atoms with E-state index in [2.05, 4.69) is 5.32 Å². The molecular formula is C20H22N2O2. The number of para-hydroxylation sites is 1. The molecule has 0 atom stereocenters. The summed E-state index contributed by atoms with van der Waals surface area (Å²) in [5.41, 5.74) is 5.13. The molecule has 24 heavy (non-hydrogen) atoms. The lowest BCUT2D eigenvalue weighted by Crippen LogP contribution is -2.37. The van der Waals surface area contributed by atoms with Crippen LogP contribution in [0.25, 0.3) is 0 Å². The van der Waals surface area contributed by atoms with Crippen molar-refractivity contribution in [2.24, 2.45) is 0 Å². The van der Waals surface area contributed by atoms with E-state index in [-0.39, 0.29) is 18.2 Å². The number of carbonyl (C=O) groups excluding carboxylic acids is 2. The number of nitrogens with zero attached hydrogens (tertiary/aromatic N) is 1. The van der Waals surface area contributed by atoms with E-state index < -0.39 is 0 Å². The van der Waals surface area contributed by atoms with Crippen LogP contribution in [-0.2, 0) is 16.0 Å². The maximum Gasteiger partial charge on any atom is 0.236 e. The van der Waals surface area contributed by atoms with Crippen LogP contribution in [0.3, 0.4) is 0 Å². The van der Waals surface area contributed by atoms with Crippen molar-refractivity contribution >= 4 is 23.2 Å². The minimum absolute atomic E-state index is 0.138. The lowest BCUT2D eigenvalue weighted by molar-refractivity contribution is -0.125. The van der Waals surface area contributed by atoms with Gasteiger partial charge < -0.3 is 10.2 Å². The summed E-state index contributed by atoms with van der Waals surface area (Å²) in [6.07, 6.45) is 1.78. The Bertz CT molecular complexity index is 783. The molecule has 3 rings (SSSR count). The lowest BCUT2D eigenvalue weighted by atomic mass is 10.0. The Morgan fingerprint density at radius 3 is 2.67 bits per heavy atom. The summed E-state index contributed by atoms with van der Waals surface area (Å²) in [7, 11) is 0. The van der Waals surface area contributed by atoms with E-state index in [1.54, 1.807) is 4.90 Å². The number of nitrogens with one attached hydrogen (secondary N) is 1. The first-order valence-electron chi connectivity index (χ1n) is 8.30. The second kappa shape index (κ2) is 6.87. The lowest BCUT2D eigenvalue weighted by Gasteiger charge is -2.29. The van der Waals surface area contributed by atoms with Crippen molar-refractivity contribution in [1.82, 2.24) is 0 Å². The van der Waals surface area contributed by atoms with Crippen molar-refractivity contribution in [3.63, 3.8) is 0 Å². The summed E-state index contributed by atoms with van der Waals surface area (Å²) in [6, 6.07) is 13.7. The smallest absolute Gasteiger partial charge is 0.236 e. The molecule has 0 radical (unpaired) electrons. The van der Waals surface area contributed by atoms with Crippen LogP contribution in [0.15, 0.2) is 42.5 Å². The number of hydrogen-bond donors (Lipinski definition) is 1. The molecule has 0 fully saturated rings. The highest BCUT2D eigenvalue weighted by Crippen LogP contribution is 2.27. The van der Waals surface area contributed by atoms with Gasteiger partial charge in [-0.15, -0.1) is 0 Å². The summed E-state index contributed by atoms with van der Waals surface area (Å²) in [6.45, 7) is 4.70. The predicted octanol–water partition coefficient (Wildman–Crippen LogP) is 3.61. The van der Waals surface area contributed by atoms with E-state index in [0.717, 1.165) is 29.8 Å². The zero-order valence-electron chi connectivity index (χ0n) is 14.1. The fraction of sp³-hybridized carbons (Fsp3) is 0.300. The Morgan fingerprint density at radius 2 is 1.88 bits per heavy atom. The van der Waals surface area contributed by atoms with E-state index in [4.69, 9.17) is 0 Å². The van der Waals surface area contributed by atoms with Gasteiger partial charge in [0, 0.05) is 17.9 Å². The molecule has 0 saturated heterocycles. The van der Waals surface area contributed by atoms with Gasteiger partial charge in [0.05, 0.1) is 0 Å². The molecule has 0 aliphatic carbocycles. The summed E-state index contributed by atoms with van der Waals surface area (Å²) in [4.78, 5) is 26.5. The van der Waals surface area contributed by atoms with Crippen LogP contribution >= 0.6 is 0 Å². The number of carbonyl (C=O) groups is 2. The molecule has 0 aromatic heterocycles. The van der Waals surface area contributed by atoms with Gasteiger partial charge in [-0.1, -0.05) is 24.3 Å². The van der Waals surface area contributed by atoms with Crippen molar-refractivity contribution in [2.45, 2.75) is 33.1 Å². The number of amides is 2. The molecule has 1 heterocycles. The Kier molecular flexibility index (Phi) is 4.65. The first-order chi connectivity index (χ1) is 11.5. The van der Waals surface area contributed by atoms with Crippen LogP contribution in [0.2, 0.25) is 0 Å². The van der Waals surface area contributed by atoms with Gasteiger partial charge in [-0.2, -0.15) is 0 Å². The number of hydrogen-bond acceptors (Lipinski definition) is 2. The fourth-order valence-electron chi connectivity index (χ4n) is 3.05. The summed E-state index contributed by atoms with van der Waals surface area (Å²) >= 11 is 0. The molecule has 4 heteroatoms. The van der Waals surface area contributed by atoms with Crippen molar-refractivity contribution in [3.8, 4) is 0 Å². The largest absolute Gasteiger partial charge is 0.326 e. The van der Waals surface area contributed by atoms with Gasteiger partial charge in [0.2, 0.25) is 11.8 Å². The highest BCUT2D eigenvalue weighted by Gasteiger charge is 2.23. The topological polar surface area (TPSA) is 49.4 Å². The zero-order chi connectivity index (χ0) is 17.1. The number of benzene rings is 2. The van der Waals surface area contributed by atoms with Crippen molar-refractivity contribution in [1.29, 1.82) is 0 Å². The van der Waals surface area contributed by atoms with Crippen LogP contribution in [0.1, 0.15) is 29.5 Å². The first-order valence-corrected chi connectivity index (χ1v) is 8.30. The van der Waals surface area contributed by atoms with Crippen LogP contribution < -0.4 is 10.2 Å². The van der Waals surface area contributed by atoms with Gasteiger partial charge in [-0.05, 0) is 61.6 Å². The number of anilines is 2. The Balaban J connectivity index is 1.67. The highest BCUT2D eigenvalue weighted by atomic mass is 16.2. The third-order valence-electron chi connectivity index (χ3n) is 4.51. The van der Waals surface area contributed by atoms with E-state index in [1.807, 2.05) is 56.3 Å². The maximum absolute atomic E-state index is 12.5. The van der Waals surface area contributed by atoms with Gasteiger partial charge in [0.25, 0.3) is 0 Å². The number of rotatable bonds is 3. The van der Waals surface area contributed by atoms with Gasteiger partial charge >= 0.3 is 0 Å². The molecule has 2 aromatic carbocycles. The number of fused-ring (bicyclic) bond motifs is 1. The van der Waals surface area contributed by atoms with Crippen LogP contribution in [-0.4, -0.2) is 18.4 Å². The standard InChI is InChI=1S/C20H22N2O2/c1-14-9-10-17(12-15(14)2)21-19(23)13-20(24)22-11-5-7-16-6-3-4-8-18(16)22/h3-4,6,8-10,12H,5,7,11,13H2,1-2H3,(H,21,23). The normalized spacial score (nSPS) is 13.3. The maximum atomic E-state index is 12.5. The van der Waals surface area contributed by atoms with Crippen LogP contribution in [0.4, 0.5) is 11.4 Å². The average molecular weight is 322 g/mol. The number of aryl methyl sites for hydroxylation is 3. The molecule has 0 saturated carbocycles. The molecule has 124 valence electrons. The predicted molar refractivity (Wildman–Crippen MR) is 96.3 cm³/mol. The van der Waals surface area contributed by atoms with E-state index in [1.165, 1.54) is 11.1 Å². The molecule has 1 aliphatic heterocycles. The second-order valence-electron chi connectivity index (χ2n) is 6.30. The quantitative estimate of drug-likeness (QED) is 0.878. The SMILES string of the molecule is Cc1ccc(NC(=O)CC(=O)N2CCCc3ccccc32)cc1C. The van der Waals surface area contributed by atoms with Crippen LogP contribution in [0.5, 0.6) is 0 Å². The monoisotopic (exact) mass is 322 g/mol. The third-order valence-corrected chi connectivity index (χ3v) is 4.51.